The van der Waals surface area contributed by atoms with E-state index >= 15 is 0 Å². The quantitative estimate of drug-likeness (QED) is 0.494. The van der Waals surface area contributed by atoms with Gasteiger partial charge in [-0.15, -0.1) is 0 Å². The van der Waals surface area contributed by atoms with Crippen molar-refractivity contribution in [3.05, 3.63) is 48.5 Å². The average Bonchev–Trinajstić information content (AvgIpc) is 2.75. The summed E-state index contributed by atoms with van der Waals surface area (Å²) in [7, 11) is -1.10. The smallest absolute Gasteiger partial charge is 0.264 e. The van der Waals surface area contributed by atoms with Crippen LogP contribution in [-0.2, 0) is 14.8 Å². The Morgan fingerprint density at radius 3 is 2.19 bits per heavy atom. The highest BCUT2D eigenvalue weighted by Gasteiger charge is 2.28. The molecule has 2 rings (SSSR count). The number of nitrogens with one attached hydrogen (secondary N) is 1. The fraction of sp³-hybridized carbons (Fsp3) is 0.364. The molecule has 0 aromatic heterocycles. The van der Waals surface area contributed by atoms with E-state index < -0.39 is 22.5 Å². The lowest BCUT2D eigenvalue weighted by Gasteiger charge is -2.25. The first-order chi connectivity index (χ1) is 14.5. The molecule has 0 radical (unpaired) electrons. The Kier molecular flexibility index (Phi) is 7.67. The molecule has 168 valence electrons. The van der Waals surface area contributed by atoms with Crippen LogP contribution >= 0.6 is 0 Å². The minimum atomic E-state index is -4.03. The van der Waals surface area contributed by atoms with Gasteiger partial charge >= 0.3 is 0 Å². The number of ether oxygens (including phenoxy) is 2. The topological polar surface area (TPSA) is 97.3 Å². The summed E-state index contributed by atoms with van der Waals surface area (Å²) in [6.45, 7) is 7.23. The van der Waals surface area contributed by atoms with Gasteiger partial charge in [0.05, 0.1) is 24.8 Å². The van der Waals surface area contributed by atoms with Crippen LogP contribution in [0.4, 0.5) is 5.69 Å². The number of methoxy groups -OCH3 is 2. The van der Waals surface area contributed by atoms with Crippen LogP contribution < -0.4 is 19.2 Å². The molecule has 2 aromatic carbocycles. The van der Waals surface area contributed by atoms with Crippen molar-refractivity contribution in [1.29, 1.82) is 0 Å². The summed E-state index contributed by atoms with van der Waals surface area (Å²) in [5.74, 6) is 0.214. The van der Waals surface area contributed by atoms with Crippen molar-refractivity contribution >= 4 is 27.3 Å². The summed E-state index contributed by atoms with van der Waals surface area (Å²) >= 11 is 0. The van der Waals surface area contributed by atoms with Gasteiger partial charge < -0.3 is 9.47 Å². The summed E-state index contributed by atoms with van der Waals surface area (Å²) in [5, 5.41) is 4.11. The van der Waals surface area contributed by atoms with Gasteiger partial charge in [-0.1, -0.05) is 39.0 Å². The van der Waals surface area contributed by atoms with Gasteiger partial charge in [-0.3, -0.25) is 9.10 Å². The lowest BCUT2D eigenvalue weighted by Crippen LogP contribution is -2.40. The first-order valence-electron chi connectivity index (χ1n) is 9.64. The van der Waals surface area contributed by atoms with Gasteiger partial charge in [0.25, 0.3) is 15.9 Å². The second-order valence-corrected chi connectivity index (χ2v) is 9.71. The van der Waals surface area contributed by atoms with E-state index in [1.54, 1.807) is 37.3 Å². The first kappa shape index (κ1) is 24.2. The van der Waals surface area contributed by atoms with Crippen LogP contribution in [0.15, 0.2) is 58.5 Å². The van der Waals surface area contributed by atoms with Crippen molar-refractivity contribution in [3.8, 4) is 11.5 Å². The molecule has 0 bridgehead atoms. The number of carbonyl (C=O) groups excluding carboxylic acids is 1. The third-order valence-corrected chi connectivity index (χ3v) is 6.50. The fourth-order valence-electron chi connectivity index (χ4n) is 2.49. The Hall–Kier alpha value is -3.07. The van der Waals surface area contributed by atoms with Crippen molar-refractivity contribution in [3.63, 3.8) is 0 Å². The molecule has 31 heavy (non-hydrogen) atoms. The number of nitrogens with zero attached hydrogens (tertiary/aromatic N) is 2. The van der Waals surface area contributed by atoms with E-state index in [0.29, 0.717) is 17.2 Å². The molecule has 1 amide bonds. The Morgan fingerprint density at radius 2 is 1.65 bits per heavy atom. The van der Waals surface area contributed by atoms with E-state index in [1.165, 1.54) is 32.4 Å². The van der Waals surface area contributed by atoms with E-state index in [1.807, 2.05) is 20.8 Å². The molecule has 0 aliphatic rings. The molecule has 0 aliphatic heterocycles. The summed E-state index contributed by atoms with van der Waals surface area (Å²) in [4.78, 5) is 12.7. The van der Waals surface area contributed by atoms with Gasteiger partial charge in [0, 0.05) is 17.2 Å². The van der Waals surface area contributed by atoms with E-state index in [-0.39, 0.29) is 16.0 Å². The molecular formula is C22H29N3O5S. The Morgan fingerprint density at radius 1 is 1.03 bits per heavy atom. The van der Waals surface area contributed by atoms with E-state index in [9.17, 15) is 13.2 Å². The zero-order valence-electron chi connectivity index (χ0n) is 18.7. The average molecular weight is 448 g/mol. The number of amides is 1. The maximum atomic E-state index is 13.4. The Labute approximate surface area is 183 Å². The molecule has 0 fully saturated rings. The number of hydrogen-bond donors (Lipinski definition) is 1. The van der Waals surface area contributed by atoms with Gasteiger partial charge in [-0.05, 0) is 31.2 Å². The fourth-order valence-corrected chi connectivity index (χ4v) is 3.93. The molecule has 0 atom stereocenters. The highest BCUT2D eigenvalue weighted by Crippen LogP contribution is 2.33. The van der Waals surface area contributed by atoms with Crippen molar-refractivity contribution < 1.29 is 22.7 Å². The first-order valence-corrected chi connectivity index (χ1v) is 11.1. The van der Waals surface area contributed by atoms with E-state index in [0.717, 1.165) is 4.31 Å². The van der Waals surface area contributed by atoms with Crippen molar-refractivity contribution in [2.24, 2.45) is 10.5 Å². The maximum absolute atomic E-state index is 13.4. The molecule has 8 nitrogen and oxygen atoms in total. The standard InChI is InChI=1S/C22H29N3O5S/c1-16(22(2,3)4)23-24-21(26)15-25(31(27,28)18-10-8-7-9-11-18)17-12-13-19(29-5)20(14-17)30-6/h7-14H,15H2,1-6H3,(H,24,26)/b23-16-. The largest absolute Gasteiger partial charge is 0.493 e. The lowest BCUT2D eigenvalue weighted by atomic mass is 9.91. The molecule has 0 aliphatic carbocycles. The SMILES string of the molecule is COc1ccc(N(CC(=O)N/N=C(/C)C(C)(C)C)S(=O)(=O)c2ccccc2)cc1OC. The second kappa shape index (κ2) is 9.82. The van der Waals surface area contributed by atoms with Crippen LogP contribution in [0.2, 0.25) is 0 Å². The molecule has 0 spiro atoms. The molecule has 0 saturated heterocycles. The van der Waals surface area contributed by atoms with Gasteiger partial charge in [0.2, 0.25) is 0 Å². The Bertz CT molecular complexity index is 1040. The highest BCUT2D eigenvalue weighted by molar-refractivity contribution is 7.92. The van der Waals surface area contributed by atoms with Crippen LogP contribution in [0, 0.1) is 5.41 Å². The number of benzene rings is 2. The number of rotatable bonds is 8. The second-order valence-electron chi connectivity index (χ2n) is 7.85. The lowest BCUT2D eigenvalue weighted by molar-refractivity contribution is -0.119. The molecule has 0 heterocycles. The highest BCUT2D eigenvalue weighted by atomic mass is 32.2. The van der Waals surface area contributed by atoms with Gasteiger partial charge in [0.1, 0.15) is 6.54 Å². The number of sulfonamides is 1. The molecule has 1 N–H and O–H groups in total. The van der Waals surface area contributed by atoms with Gasteiger partial charge in [0.15, 0.2) is 11.5 Å². The predicted octanol–water partition coefficient (Wildman–Crippen LogP) is 3.44. The van der Waals surface area contributed by atoms with Crippen LogP contribution in [0.5, 0.6) is 11.5 Å². The number of anilines is 1. The minimum Gasteiger partial charge on any atom is -0.493 e. The Balaban J connectivity index is 2.46. The van der Waals surface area contributed by atoms with Gasteiger partial charge in [-0.25, -0.2) is 13.8 Å². The van der Waals surface area contributed by atoms with E-state index in [2.05, 4.69) is 10.5 Å². The van der Waals surface area contributed by atoms with Crippen LogP contribution in [0.3, 0.4) is 0 Å². The van der Waals surface area contributed by atoms with Crippen LogP contribution in [-0.4, -0.2) is 40.8 Å². The summed E-state index contributed by atoms with van der Waals surface area (Å²) < 4.78 is 38.3. The summed E-state index contributed by atoms with van der Waals surface area (Å²) in [6.07, 6.45) is 0. The zero-order chi connectivity index (χ0) is 23.2. The van der Waals surface area contributed by atoms with E-state index in [4.69, 9.17) is 9.47 Å². The number of carbonyl (C=O) groups is 1. The normalized spacial score (nSPS) is 12.3. The molecule has 9 heteroatoms. The predicted molar refractivity (Wildman–Crippen MR) is 121 cm³/mol. The molecule has 0 unspecified atom stereocenters. The van der Waals surface area contributed by atoms with Crippen molar-refractivity contribution in [2.75, 3.05) is 25.1 Å². The number of hydrazone groups is 1. The number of hydrogen-bond acceptors (Lipinski definition) is 6. The van der Waals surface area contributed by atoms with Gasteiger partial charge in [-0.2, -0.15) is 5.10 Å². The molecular weight excluding hydrogens is 418 g/mol. The maximum Gasteiger partial charge on any atom is 0.264 e. The molecule has 0 saturated carbocycles. The third kappa shape index (κ3) is 5.97. The summed E-state index contributed by atoms with van der Waals surface area (Å²) in [5.41, 5.74) is 3.19. The van der Waals surface area contributed by atoms with Crippen LogP contribution in [0.1, 0.15) is 27.7 Å². The van der Waals surface area contributed by atoms with Crippen LogP contribution in [0.25, 0.3) is 0 Å². The summed E-state index contributed by atoms with van der Waals surface area (Å²) in [6, 6.07) is 12.6. The zero-order valence-corrected chi connectivity index (χ0v) is 19.5. The van der Waals surface area contributed by atoms with Crippen molar-refractivity contribution in [2.45, 2.75) is 32.6 Å². The third-order valence-electron chi connectivity index (χ3n) is 4.71. The monoisotopic (exact) mass is 447 g/mol. The minimum absolute atomic E-state index is 0.0620. The molecule has 2 aromatic rings. The van der Waals surface area contributed by atoms with Crippen molar-refractivity contribution in [1.82, 2.24) is 5.43 Å².